The quantitative estimate of drug-likeness (QED) is 0.638. The summed E-state index contributed by atoms with van der Waals surface area (Å²) >= 11 is 0. The fraction of sp³-hybridized carbons (Fsp3) is 0.778. The van der Waals surface area contributed by atoms with E-state index >= 15 is 0 Å². The first-order chi connectivity index (χ1) is 4.76. The third-order valence-corrected chi connectivity index (χ3v) is 1.76. The van der Waals surface area contributed by atoms with Crippen molar-refractivity contribution in [2.45, 2.75) is 34.1 Å². The predicted molar refractivity (Wildman–Crippen MR) is 54.2 cm³/mol. The van der Waals surface area contributed by atoms with E-state index in [4.69, 9.17) is 0 Å². The summed E-state index contributed by atoms with van der Waals surface area (Å²) in [5.41, 5.74) is 1.41. The predicted octanol–water partition coefficient (Wildman–Crippen LogP) is 3.06. The van der Waals surface area contributed by atoms with Gasteiger partial charge in [-0.3, -0.25) is 0 Å². The van der Waals surface area contributed by atoms with Crippen molar-refractivity contribution in [3.05, 3.63) is 11.8 Å². The molecule has 68 valence electrons. The van der Waals surface area contributed by atoms with Crippen molar-refractivity contribution in [1.82, 2.24) is 4.90 Å². The van der Waals surface area contributed by atoms with Gasteiger partial charge in [0.2, 0.25) is 0 Å². The molecule has 0 rings (SSSR count). The Hall–Kier alpha value is -0.170. The molecule has 0 N–H and O–H groups in total. The van der Waals surface area contributed by atoms with E-state index in [1.807, 2.05) is 0 Å². The van der Waals surface area contributed by atoms with E-state index in [0.29, 0.717) is 0 Å². The van der Waals surface area contributed by atoms with Crippen LogP contribution < -0.4 is 0 Å². The lowest BCUT2D eigenvalue weighted by atomic mass is 10.3. The largest absolute Gasteiger partial charge is 0.376 e. The summed E-state index contributed by atoms with van der Waals surface area (Å²) in [6, 6.07) is 0. The Balaban J connectivity index is 0. The second-order valence-corrected chi connectivity index (χ2v) is 2.43. The molecule has 0 aliphatic carbocycles. The Morgan fingerprint density at radius 1 is 1.18 bits per heavy atom. The van der Waals surface area contributed by atoms with Crippen molar-refractivity contribution in [2.75, 3.05) is 13.1 Å². The molecule has 0 saturated heterocycles. The monoisotopic (exact) mass is 177 g/mol. The maximum Gasteiger partial charge on any atom is 0.0146 e. The molecule has 0 heterocycles. The lowest BCUT2D eigenvalue weighted by molar-refractivity contribution is 0.382. The second kappa shape index (κ2) is 7.93. The van der Waals surface area contributed by atoms with E-state index in [9.17, 15) is 0 Å². The van der Waals surface area contributed by atoms with Crippen molar-refractivity contribution in [3.8, 4) is 0 Å². The first-order valence-corrected chi connectivity index (χ1v) is 4.17. The molecule has 0 amide bonds. The number of nitrogens with zero attached hydrogens (tertiary/aromatic N) is 1. The van der Waals surface area contributed by atoms with Crippen LogP contribution in [0.25, 0.3) is 0 Å². The zero-order chi connectivity index (χ0) is 7.98. The van der Waals surface area contributed by atoms with Crippen LogP contribution >= 0.6 is 12.4 Å². The van der Waals surface area contributed by atoms with E-state index in [0.717, 1.165) is 19.5 Å². The molecule has 0 unspecified atom stereocenters. The molecule has 0 saturated carbocycles. The highest BCUT2D eigenvalue weighted by Gasteiger charge is 1.96. The summed E-state index contributed by atoms with van der Waals surface area (Å²) in [5.74, 6) is 0. The highest BCUT2D eigenvalue weighted by Crippen LogP contribution is 2.02. The van der Waals surface area contributed by atoms with Crippen LogP contribution in [-0.4, -0.2) is 18.0 Å². The summed E-state index contributed by atoms with van der Waals surface area (Å²) in [4.78, 5) is 2.36. The van der Waals surface area contributed by atoms with Gasteiger partial charge in [0, 0.05) is 18.8 Å². The fourth-order valence-corrected chi connectivity index (χ4v) is 1.15. The molecule has 0 atom stereocenters. The molecular weight excluding hydrogens is 158 g/mol. The van der Waals surface area contributed by atoms with E-state index in [1.165, 1.54) is 5.70 Å². The molecule has 0 aliphatic rings. The Labute approximate surface area is 76.9 Å². The van der Waals surface area contributed by atoms with E-state index in [1.54, 1.807) is 0 Å². The molecule has 2 heteroatoms. The van der Waals surface area contributed by atoms with Gasteiger partial charge in [0.15, 0.2) is 0 Å². The number of rotatable bonds is 4. The highest BCUT2D eigenvalue weighted by atomic mass is 35.5. The Bertz CT molecular complexity index is 106. The van der Waals surface area contributed by atoms with Crippen molar-refractivity contribution >= 4 is 12.4 Å². The molecule has 0 bridgehead atoms. The number of hydrogen-bond acceptors (Lipinski definition) is 1. The molecule has 0 aromatic rings. The summed E-state index contributed by atoms with van der Waals surface area (Å²) in [6.45, 7) is 11.0. The molecule has 1 nitrogen and oxygen atoms in total. The number of halogens is 1. The van der Waals surface area contributed by atoms with Crippen LogP contribution in [0.1, 0.15) is 34.1 Å². The van der Waals surface area contributed by atoms with Gasteiger partial charge in [-0.05, 0) is 27.2 Å². The van der Waals surface area contributed by atoms with Crippen LogP contribution in [0.4, 0.5) is 0 Å². The molecule has 0 spiro atoms. The van der Waals surface area contributed by atoms with Gasteiger partial charge in [-0.2, -0.15) is 0 Å². The van der Waals surface area contributed by atoms with Crippen LogP contribution in [-0.2, 0) is 0 Å². The lowest BCUT2D eigenvalue weighted by Crippen LogP contribution is -2.20. The van der Waals surface area contributed by atoms with Crippen molar-refractivity contribution in [2.24, 2.45) is 0 Å². The van der Waals surface area contributed by atoms with Gasteiger partial charge in [0.05, 0.1) is 0 Å². The van der Waals surface area contributed by atoms with Crippen molar-refractivity contribution in [3.63, 3.8) is 0 Å². The van der Waals surface area contributed by atoms with Crippen LogP contribution in [0.15, 0.2) is 11.8 Å². The molecule has 0 aromatic heterocycles. The van der Waals surface area contributed by atoms with Gasteiger partial charge in [-0.1, -0.05) is 13.0 Å². The third-order valence-electron chi connectivity index (χ3n) is 1.76. The number of allylic oxidation sites excluding steroid dienone is 2. The Morgan fingerprint density at radius 2 is 1.64 bits per heavy atom. The molecule has 0 aromatic carbocycles. The smallest absolute Gasteiger partial charge is 0.0146 e. The first kappa shape index (κ1) is 13.4. The highest BCUT2D eigenvalue weighted by molar-refractivity contribution is 5.85. The minimum atomic E-state index is 0. The van der Waals surface area contributed by atoms with E-state index in [-0.39, 0.29) is 12.4 Å². The van der Waals surface area contributed by atoms with E-state index in [2.05, 4.69) is 38.7 Å². The maximum absolute atomic E-state index is 2.36. The minimum Gasteiger partial charge on any atom is -0.376 e. The Kier molecular flexibility index (Phi) is 9.68. The third kappa shape index (κ3) is 5.14. The molecule has 0 fully saturated rings. The van der Waals surface area contributed by atoms with Gasteiger partial charge in [0.1, 0.15) is 0 Å². The topological polar surface area (TPSA) is 3.24 Å². The van der Waals surface area contributed by atoms with Crippen LogP contribution in [0, 0.1) is 0 Å². The standard InChI is InChI=1S/C9H19N.ClH/c1-5-8-9(4)10(6-2)7-3;/h8H,5-7H2,1-4H3;1H. The second-order valence-electron chi connectivity index (χ2n) is 2.43. The maximum atomic E-state index is 2.36. The van der Waals surface area contributed by atoms with Crippen LogP contribution in [0.5, 0.6) is 0 Å². The van der Waals surface area contributed by atoms with Crippen molar-refractivity contribution in [1.29, 1.82) is 0 Å². The average Bonchev–Trinajstić information content (AvgIpc) is 1.91. The first-order valence-electron chi connectivity index (χ1n) is 4.17. The van der Waals surface area contributed by atoms with Gasteiger partial charge in [-0.25, -0.2) is 0 Å². The summed E-state index contributed by atoms with van der Waals surface area (Å²) in [6.07, 6.45) is 3.41. The van der Waals surface area contributed by atoms with Gasteiger partial charge in [0.25, 0.3) is 0 Å². The number of hydrogen-bond donors (Lipinski definition) is 0. The zero-order valence-corrected chi connectivity index (χ0v) is 8.87. The summed E-state index contributed by atoms with van der Waals surface area (Å²) in [7, 11) is 0. The molecule has 0 radical (unpaired) electrons. The summed E-state index contributed by atoms with van der Waals surface area (Å²) < 4.78 is 0. The average molecular weight is 178 g/mol. The fourth-order valence-electron chi connectivity index (χ4n) is 1.15. The van der Waals surface area contributed by atoms with Crippen molar-refractivity contribution < 1.29 is 0 Å². The summed E-state index contributed by atoms with van der Waals surface area (Å²) in [5, 5.41) is 0. The van der Waals surface area contributed by atoms with Crippen LogP contribution in [0.3, 0.4) is 0 Å². The lowest BCUT2D eigenvalue weighted by Gasteiger charge is -2.21. The Morgan fingerprint density at radius 3 is 1.91 bits per heavy atom. The van der Waals surface area contributed by atoms with Crippen LogP contribution in [0.2, 0.25) is 0 Å². The van der Waals surface area contributed by atoms with Gasteiger partial charge >= 0.3 is 0 Å². The zero-order valence-electron chi connectivity index (χ0n) is 8.05. The molecule has 0 aliphatic heterocycles. The normalized spacial score (nSPS) is 10.7. The van der Waals surface area contributed by atoms with Gasteiger partial charge < -0.3 is 4.90 Å². The SMILES string of the molecule is CCC=C(C)N(CC)CC.Cl. The van der Waals surface area contributed by atoms with E-state index < -0.39 is 0 Å². The molecular formula is C9H20ClN. The molecule has 11 heavy (non-hydrogen) atoms. The minimum absolute atomic E-state index is 0. The van der Waals surface area contributed by atoms with Gasteiger partial charge in [-0.15, -0.1) is 12.4 Å².